The maximum absolute atomic E-state index is 9.27. The molecule has 3 saturated carbocycles. The molecule has 0 unspecified atom stereocenters. The van der Waals surface area contributed by atoms with Gasteiger partial charge in [0.05, 0.1) is 17.6 Å². The molecule has 8 nitrogen and oxygen atoms in total. The lowest BCUT2D eigenvalue weighted by Crippen LogP contribution is -2.70. The second kappa shape index (κ2) is 6.55. The van der Waals surface area contributed by atoms with Crippen LogP contribution in [0.5, 0.6) is 11.6 Å². The van der Waals surface area contributed by atoms with Crippen molar-refractivity contribution in [1.82, 2.24) is 19.9 Å². The third-order valence-corrected chi connectivity index (χ3v) is 6.11. The molecule has 154 valence electrons. The third kappa shape index (κ3) is 3.08. The maximum atomic E-state index is 9.27. The lowest BCUT2D eigenvalue weighted by atomic mass is 9.40. The first-order chi connectivity index (χ1) is 14.8. The summed E-state index contributed by atoms with van der Waals surface area (Å²) in [7, 11) is 0. The van der Waals surface area contributed by atoms with Crippen LogP contribution in [0.2, 0.25) is 0 Å². The van der Waals surface area contributed by atoms with Crippen molar-refractivity contribution < 1.29 is 4.74 Å². The maximum Gasteiger partial charge on any atom is 0.250 e. The number of ether oxygens (including phenoxy) is 1. The Kier molecular flexibility index (Phi) is 4.03. The van der Waals surface area contributed by atoms with E-state index in [2.05, 4.69) is 31.3 Å². The fourth-order valence-electron chi connectivity index (χ4n) is 4.86. The van der Waals surface area contributed by atoms with Gasteiger partial charge in [-0.2, -0.15) is 20.5 Å². The number of aromatic amines is 1. The topological polar surface area (TPSA) is 123 Å². The molecule has 0 aliphatic heterocycles. The Bertz CT molecular complexity index is 1300. The Morgan fingerprint density at radius 1 is 1.10 bits per heavy atom. The van der Waals surface area contributed by atoms with E-state index in [9.17, 15) is 5.26 Å². The van der Waals surface area contributed by atoms with Crippen LogP contribution in [-0.4, -0.2) is 25.5 Å². The Morgan fingerprint density at radius 2 is 1.81 bits per heavy atom. The third-order valence-electron chi connectivity index (χ3n) is 6.11. The van der Waals surface area contributed by atoms with Crippen LogP contribution in [0.4, 0.5) is 5.95 Å². The second-order valence-corrected chi connectivity index (χ2v) is 8.75. The van der Waals surface area contributed by atoms with Gasteiger partial charge in [0.15, 0.2) is 5.65 Å². The van der Waals surface area contributed by atoms with Gasteiger partial charge in [0.25, 0.3) is 5.88 Å². The van der Waals surface area contributed by atoms with Gasteiger partial charge in [-0.05, 0) is 74.9 Å². The molecule has 3 aliphatic carbocycles. The molecule has 0 amide bonds. The SMILES string of the molecule is Cc1nc2nc(NC34CC(C#N)(C3)C4)nc(Oc3c(C)cc(/C=C/C#N)cc3C)c2[nH]1. The predicted octanol–water partition coefficient (Wildman–Crippen LogP) is 4.47. The molecule has 3 fully saturated rings. The number of hydrogen-bond acceptors (Lipinski definition) is 7. The molecule has 31 heavy (non-hydrogen) atoms. The molecule has 8 heteroatoms. The van der Waals surface area contributed by atoms with Gasteiger partial charge in [-0.15, -0.1) is 0 Å². The van der Waals surface area contributed by atoms with E-state index in [0.29, 0.717) is 28.7 Å². The number of H-pyrrole nitrogens is 1. The van der Waals surface area contributed by atoms with E-state index in [1.165, 1.54) is 6.08 Å². The summed E-state index contributed by atoms with van der Waals surface area (Å²) in [5, 5.41) is 21.5. The number of nitrogens with zero attached hydrogens (tertiary/aromatic N) is 5. The smallest absolute Gasteiger partial charge is 0.250 e. The van der Waals surface area contributed by atoms with Gasteiger partial charge in [-0.3, -0.25) is 0 Å². The zero-order chi connectivity index (χ0) is 21.8. The van der Waals surface area contributed by atoms with Gasteiger partial charge in [0, 0.05) is 11.6 Å². The minimum atomic E-state index is -0.157. The lowest BCUT2D eigenvalue weighted by molar-refractivity contribution is -0.0665. The van der Waals surface area contributed by atoms with E-state index in [1.54, 1.807) is 6.08 Å². The van der Waals surface area contributed by atoms with Crippen molar-refractivity contribution in [2.75, 3.05) is 5.32 Å². The quantitative estimate of drug-likeness (QED) is 0.594. The van der Waals surface area contributed by atoms with E-state index < -0.39 is 0 Å². The number of hydrogen-bond donors (Lipinski definition) is 2. The van der Waals surface area contributed by atoms with Crippen molar-refractivity contribution in [2.24, 2.45) is 5.41 Å². The molecule has 2 bridgehead atoms. The standard InChI is InChI=1S/C23H21N7O/c1-13-7-16(5-4-6-24)8-14(2)18(13)31-20-17-19(27-15(3)26-17)28-21(29-20)30-23-9-22(10-23,11-23)12-25/h4-5,7-8H,9-11H2,1-3H3,(H2,26,27,28,29,30)/b5-4+. The van der Waals surface area contributed by atoms with E-state index in [1.807, 2.05) is 39.0 Å². The molecule has 3 aromatic rings. The normalized spacial score (nSPS) is 23.6. The highest BCUT2D eigenvalue weighted by molar-refractivity contribution is 5.78. The van der Waals surface area contributed by atoms with Crippen molar-refractivity contribution in [3.63, 3.8) is 0 Å². The zero-order valence-corrected chi connectivity index (χ0v) is 17.6. The molecule has 1 aromatic carbocycles. The molecule has 6 rings (SSSR count). The number of imidazole rings is 1. The highest BCUT2D eigenvalue weighted by atomic mass is 16.5. The van der Waals surface area contributed by atoms with Crippen LogP contribution >= 0.6 is 0 Å². The molecule has 3 aliphatic rings. The minimum absolute atomic E-state index is 0.0907. The average Bonchev–Trinajstić information content (AvgIpc) is 3.04. The highest BCUT2D eigenvalue weighted by Gasteiger charge is 2.69. The van der Waals surface area contributed by atoms with Crippen LogP contribution in [0.25, 0.3) is 17.2 Å². The zero-order valence-electron chi connectivity index (χ0n) is 17.6. The molecule has 0 saturated heterocycles. The molecule has 2 aromatic heterocycles. The van der Waals surface area contributed by atoms with Crippen molar-refractivity contribution in [1.29, 1.82) is 10.5 Å². The lowest BCUT2D eigenvalue weighted by Gasteiger charge is -2.66. The number of aryl methyl sites for hydroxylation is 3. The largest absolute Gasteiger partial charge is 0.436 e. The van der Waals surface area contributed by atoms with Crippen LogP contribution in [0.3, 0.4) is 0 Å². The first-order valence-corrected chi connectivity index (χ1v) is 10.1. The second-order valence-electron chi connectivity index (χ2n) is 8.75. The number of allylic oxidation sites excluding steroid dienone is 1. The van der Waals surface area contributed by atoms with Crippen LogP contribution in [0.1, 0.15) is 41.8 Å². The van der Waals surface area contributed by atoms with Crippen LogP contribution in [0, 0.1) is 48.8 Å². The first kappa shape index (κ1) is 19.1. The summed E-state index contributed by atoms with van der Waals surface area (Å²) in [6.07, 6.45) is 5.69. The first-order valence-electron chi connectivity index (χ1n) is 10.1. The van der Waals surface area contributed by atoms with Gasteiger partial charge in [-0.1, -0.05) is 0 Å². The summed E-state index contributed by atoms with van der Waals surface area (Å²) >= 11 is 0. The van der Waals surface area contributed by atoms with Gasteiger partial charge in [0.1, 0.15) is 17.1 Å². The molecule has 0 radical (unpaired) electrons. The van der Waals surface area contributed by atoms with E-state index >= 15 is 0 Å². The van der Waals surface area contributed by atoms with Gasteiger partial charge >= 0.3 is 0 Å². The molecular formula is C23H21N7O. The predicted molar refractivity (Wildman–Crippen MR) is 115 cm³/mol. The van der Waals surface area contributed by atoms with E-state index in [0.717, 1.165) is 41.8 Å². The number of fused-ring (bicyclic) bond motifs is 1. The Hall–Kier alpha value is -3.91. The van der Waals surface area contributed by atoms with Crippen molar-refractivity contribution in [2.45, 2.75) is 45.6 Å². The monoisotopic (exact) mass is 411 g/mol. The molecule has 2 heterocycles. The summed E-state index contributed by atoms with van der Waals surface area (Å²) in [6.45, 7) is 5.79. The highest BCUT2D eigenvalue weighted by Crippen LogP contribution is 2.67. The molecule has 0 atom stereocenters. The van der Waals surface area contributed by atoms with Crippen LogP contribution in [-0.2, 0) is 0 Å². The molecule has 0 spiro atoms. The van der Waals surface area contributed by atoms with Crippen LogP contribution < -0.4 is 10.1 Å². The van der Waals surface area contributed by atoms with Crippen molar-refractivity contribution in [3.8, 4) is 23.8 Å². The fourth-order valence-corrected chi connectivity index (χ4v) is 4.86. The summed E-state index contributed by atoms with van der Waals surface area (Å²) in [5.41, 5.74) is 3.74. The summed E-state index contributed by atoms with van der Waals surface area (Å²) in [6, 6.07) is 8.36. The number of aromatic nitrogens is 4. The van der Waals surface area contributed by atoms with Gasteiger partial charge in [0.2, 0.25) is 5.95 Å². The number of benzene rings is 1. The van der Waals surface area contributed by atoms with Crippen molar-refractivity contribution >= 4 is 23.2 Å². The Balaban J connectivity index is 1.49. The molecule has 2 N–H and O–H groups in total. The van der Waals surface area contributed by atoms with Gasteiger partial charge in [-0.25, -0.2) is 4.98 Å². The number of nitrogens with one attached hydrogen (secondary N) is 2. The molecular weight excluding hydrogens is 390 g/mol. The Labute approximate surface area is 179 Å². The summed E-state index contributed by atoms with van der Waals surface area (Å²) in [5.74, 6) is 2.30. The minimum Gasteiger partial charge on any atom is -0.436 e. The van der Waals surface area contributed by atoms with Crippen molar-refractivity contribution in [3.05, 3.63) is 40.7 Å². The Morgan fingerprint density at radius 3 is 2.45 bits per heavy atom. The summed E-state index contributed by atoms with van der Waals surface area (Å²) < 4.78 is 6.28. The summed E-state index contributed by atoms with van der Waals surface area (Å²) in [4.78, 5) is 16.9. The van der Waals surface area contributed by atoms with Gasteiger partial charge < -0.3 is 15.0 Å². The average molecular weight is 411 g/mol. The van der Waals surface area contributed by atoms with Crippen LogP contribution in [0.15, 0.2) is 18.2 Å². The number of nitriles is 2. The fraction of sp³-hybridized carbons (Fsp3) is 0.348. The number of anilines is 1. The van der Waals surface area contributed by atoms with E-state index in [4.69, 9.17) is 10.00 Å². The van der Waals surface area contributed by atoms with E-state index in [-0.39, 0.29) is 11.0 Å². The number of rotatable bonds is 5.